The van der Waals surface area contributed by atoms with Crippen molar-refractivity contribution in [3.63, 3.8) is 0 Å². The zero-order valence-corrected chi connectivity index (χ0v) is 9.31. The molecule has 0 heterocycles. The SMILES string of the molecule is CO[C@@H]1C=Cc2ccc(C(C)=O)cc2[C@H]1O. The van der Waals surface area contributed by atoms with E-state index in [0.29, 0.717) is 5.56 Å². The van der Waals surface area contributed by atoms with E-state index in [0.717, 1.165) is 11.1 Å². The highest BCUT2D eigenvalue weighted by atomic mass is 16.5. The Morgan fingerprint density at radius 3 is 2.81 bits per heavy atom. The van der Waals surface area contributed by atoms with Crippen LogP contribution in [-0.2, 0) is 4.74 Å². The summed E-state index contributed by atoms with van der Waals surface area (Å²) < 4.78 is 5.14. The van der Waals surface area contributed by atoms with E-state index in [1.54, 1.807) is 19.2 Å². The van der Waals surface area contributed by atoms with E-state index in [1.807, 2.05) is 18.2 Å². The molecule has 0 amide bonds. The number of fused-ring (bicyclic) bond motifs is 1. The van der Waals surface area contributed by atoms with Gasteiger partial charge in [-0.15, -0.1) is 0 Å². The Morgan fingerprint density at radius 2 is 2.19 bits per heavy atom. The van der Waals surface area contributed by atoms with Crippen LogP contribution in [0.15, 0.2) is 24.3 Å². The molecule has 0 unspecified atom stereocenters. The molecule has 3 heteroatoms. The third-order valence-electron chi connectivity index (χ3n) is 2.86. The largest absolute Gasteiger partial charge is 0.385 e. The van der Waals surface area contributed by atoms with Crippen molar-refractivity contribution in [1.29, 1.82) is 0 Å². The number of hydrogen-bond donors (Lipinski definition) is 1. The number of aliphatic hydroxyl groups excluding tert-OH is 1. The summed E-state index contributed by atoms with van der Waals surface area (Å²) in [6, 6.07) is 5.35. The van der Waals surface area contributed by atoms with Gasteiger partial charge in [-0.1, -0.05) is 24.3 Å². The van der Waals surface area contributed by atoms with E-state index in [1.165, 1.54) is 6.92 Å². The molecule has 1 N–H and O–H groups in total. The van der Waals surface area contributed by atoms with Crippen molar-refractivity contribution in [2.24, 2.45) is 0 Å². The lowest BCUT2D eigenvalue weighted by Gasteiger charge is -2.24. The number of Topliss-reactive ketones (excluding diaryl/α,β-unsaturated/α-hetero) is 1. The van der Waals surface area contributed by atoms with Gasteiger partial charge in [0.05, 0.1) is 0 Å². The smallest absolute Gasteiger partial charge is 0.159 e. The highest BCUT2D eigenvalue weighted by Gasteiger charge is 2.24. The van der Waals surface area contributed by atoms with Crippen LogP contribution in [0.4, 0.5) is 0 Å². The minimum atomic E-state index is -0.704. The van der Waals surface area contributed by atoms with Crippen molar-refractivity contribution >= 4 is 11.9 Å². The topological polar surface area (TPSA) is 46.5 Å². The highest BCUT2D eigenvalue weighted by Crippen LogP contribution is 2.30. The van der Waals surface area contributed by atoms with Gasteiger partial charge in [-0.25, -0.2) is 0 Å². The molecule has 16 heavy (non-hydrogen) atoms. The van der Waals surface area contributed by atoms with Gasteiger partial charge in [-0.2, -0.15) is 0 Å². The van der Waals surface area contributed by atoms with E-state index in [2.05, 4.69) is 0 Å². The highest BCUT2D eigenvalue weighted by molar-refractivity contribution is 5.94. The first-order chi connectivity index (χ1) is 7.63. The number of carbonyl (C=O) groups is 1. The fraction of sp³-hybridized carbons (Fsp3) is 0.308. The van der Waals surface area contributed by atoms with Crippen LogP contribution >= 0.6 is 0 Å². The van der Waals surface area contributed by atoms with Gasteiger partial charge in [0.1, 0.15) is 12.2 Å². The molecule has 2 atom stereocenters. The lowest BCUT2D eigenvalue weighted by Crippen LogP contribution is -2.22. The molecule has 3 nitrogen and oxygen atoms in total. The van der Waals surface area contributed by atoms with E-state index < -0.39 is 6.10 Å². The van der Waals surface area contributed by atoms with Crippen LogP contribution in [0.5, 0.6) is 0 Å². The Hall–Kier alpha value is -1.45. The zero-order valence-electron chi connectivity index (χ0n) is 9.31. The number of ketones is 1. The zero-order chi connectivity index (χ0) is 11.7. The first-order valence-corrected chi connectivity index (χ1v) is 5.17. The average Bonchev–Trinajstić information content (AvgIpc) is 2.29. The molecule has 1 aliphatic rings. The quantitative estimate of drug-likeness (QED) is 0.772. The molecule has 1 aliphatic carbocycles. The second-order valence-corrected chi connectivity index (χ2v) is 3.90. The minimum absolute atomic E-state index is 0.00137. The van der Waals surface area contributed by atoms with E-state index >= 15 is 0 Å². The summed E-state index contributed by atoms with van der Waals surface area (Å²) in [4.78, 5) is 11.3. The molecule has 84 valence electrons. The Balaban J connectivity index is 2.46. The van der Waals surface area contributed by atoms with Gasteiger partial charge in [0.2, 0.25) is 0 Å². The van der Waals surface area contributed by atoms with Gasteiger partial charge < -0.3 is 9.84 Å². The van der Waals surface area contributed by atoms with Gasteiger partial charge in [0.25, 0.3) is 0 Å². The van der Waals surface area contributed by atoms with Crippen LogP contribution in [0, 0.1) is 0 Å². The van der Waals surface area contributed by atoms with Crippen molar-refractivity contribution in [1.82, 2.24) is 0 Å². The number of benzene rings is 1. The maximum absolute atomic E-state index is 11.3. The molecule has 0 saturated heterocycles. The predicted molar refractivity (Wildman–Crippen MR) is 61.2 cm³/mol. The average molecular weight is 218 g/mol. The second-order valence-electron chi connectivity index (χ2n) is 3.90. The molecule has 0 saturated carbocycles. The Labute approximate surface area is 94.4 Å². The van der Waals surface area contributed by atoms with Crippen molar-refractivity contribution < 1.29 is 14.6 Å². The first-order valence-electron chi connectivity index (χ1n) is 5.17. The Bertz CT molecular complexity index is 448. The maximum atomic E-state index is 11.3. The molecule has 0 spiro atoms. The van der Waals surface area contributed by atoms with Crippen LogP contribution in [0.2, 0.25) is 0 Å². The third-order valence-corrected chi connectivity index (χ3v) is 2.86. The van der Waals surface area contributed by atoms with Gasteiger partial charge in [0, 0.05) is 12.7 Å². The minimum Gasteiger partial charge on any atom is -0.385 e. The Kier molecular flexibility index (Phi) is 2.90. The molecule has 0 bridgehead atoms. The van der Waals surface area contributed by atoms with E-state index in [-0.39, 0.29) is 11.9 Å². The van der Waals surface area contributed by atoms with Crippen molar-refractivity contribution in [2.45, 2.75) is 19.1 Å². The summed E-state index contributed by atoms with van der Waals surface area (Å²) in [5.41, 5.74) is 2.30. The van der Waals surface area contributed by atoms with Crippen LogP contribution < -0.4 is 0 Å². The molecule has 0 radical (unpaired) electrons. The number of carbonyl (C=O) groups excluding carboxylic acids is 1. The number of methoxy groups -OCH3 is 1. The summed E-state index contributed by atoms with van der Waals surface area (Å²) in [6.45, 7) is 1.51. The lowest BCUT2D eigenvalue weighted by molar-refractivity contribution is 0.0150. The van der Waals surface area contributed by atoms with Crippen molar-refractivity contribution in [2.75, 3.05) is 7.11 Å². The molecule has 1 aromatic carbocycles. The fourth-order valence-electron chi connectivity index (χ4n) is 1.89. The summed E-state index contributed by atoms with van der Waals surface area (Å²) >= 11 is 0. The first kappa shape index (κ1) is 11.0. The summed E-state index contributed by atoms with van der Waals surface area (Å²) in [5.74, 6) is -0.00137. The van der Waals surface area contributed by atoms with E-state index in [4.69, 9.17) is 4.74 Å². The molecule has 1 aromatic rings. The van der Waals surface area contributed by atoms with Crippen LogP contribution in [0.1, 0.15) is 34.5 Å². The fourth-order valence-corrected chi connectivity index (χ4v) is 1.89. The van der Waals surface area contributed by atoms with Crippen molar-refractivity contribution in [3.8, 4) is 0 Å². The predicted octanol–water partition coefficient (Wildman–Crippen LogP) is 1.96. The molecule has 0 aromatic heterocycles. The molecule has 0 fully saturated rings. The monoisotopic (exact) mass is 218 g/mol. The molecular formula is C13H14O3. The molecule has 2 rings (SSSR count). The second kappa shape index (κ2) is 4.20. The summed E-state index contributed by atoms with van der Waals surface area (Å²) in [5, 5.41) is 10.0. The maximum Gasteiger partial charge on any atom is 0.159 e. The van der Waals surface area contributed by atoms with Gasteiger partial charge >= 0.3 is 0 Å². The van der Waals surface area contributed by atoms with Gasteiger partial charge in [-0.05, 0) is 24.1 Å². The van der Waals surface area contributed by atoms with Crippen LogP contribution in [0.25, 0.3) is 6.08 Å². The third kappa shape index (κ3) is 1.79. The number of ether oxygens (including phenoxy) is 1. The summed E-state index contributed by atoms with van der Waals surface area (Å²) in [6.07, 6.45) is 2.68. The van der Waals surface area contributed by atoms with Gasteiger partial charge in [0.15, 0.2) is 5.78 Å². The van der Waals surface area contributed by atoms with Crippen LogP contribution in [0.3, 0.4) is 0 Å². The Morgan fingerprint density at radius 1 is 1.44 bits per heavy atom. The lowest BCUT2D eigenvalue weighted by atomic mass is 9.91. The molecule has 0 aliphatic heterocycles. The number of rotatable bonds is 2. The molecular weight excluding hydrogens is 204 g/mol. The van der Waals surface area contributed by atoms with E-state index in [9.17, 15) is 9.90 Å². The van der Waals surface area contributed by atoms with Crippen molar-refractivity contribution in [3.05, 3.63) is 41.0 Å². The standard InChI is InChI=1S/C13H14O3/c1-8(14)10-4-3-9-5-6-12(16-2)13(15)11(9)7-10/h3-7,12-13,15H,1-2H3/t12-,13-/m1/s1. The van der Waals surface area contributed by atoms with Crippen LogP contribution in [-0.4, -0.2) is 24.1 Å². The number of hydrogen-bond acceptors (Lipinski definition) is 3. The van der Waals surface area contributed by atoms with Gasteiger partial charge in [-0.3, -0.25) is 4.79 Å². The summed E-state index contributed by atoms with van der Waals surface area (Å²) in [7, 11) is 1.55. The number of aliphatic hydroxyl groups is 1. The normalized spacial score (nSPS) is 22.9.